The van der Waals surface area contributed by atoms with Crippen molar-refractivity contribution in [2.45, 2.75) is 12.8 Å². The van der Waals surface area contributed by atoms with Crippen LogP contribution in [0, 0.1) is 0 Å². The molecule has 0 spiro atoms. The second-order valence-corrected chi connectivity index (χ2v) is 2.56. The fourth-order valence-electron chi connectivity index (χ4n) is 0.912. The smallest absolute Gasteiger partial charge is 0.290 e. The van der Waals surface area contributed by atoms with E-state index in [9.17, 15) is 4.79 Å². The molecule has 1 aromatic carbocycles. The lowest BCUT2D eigenvalue weighted by Crippen LogP contribution is -2.10. The van der Waals surface area contributed by atoms with E-state index in [4.69, 9.17) is 15.6 Å². The molecule has 0 saturated heterocycles. The molecule has 3 N–H and O–H groups in total. The molecule has 4 heteroatoms. The molecule has 0 fully saturated rings. The number of carbonyl (C=O) groups is 2. The number of hydrogen-bond donors (Lipinski definition) is 2. The first-order chi connectivity index (χ1) is 6.70. The number of amides is 1. The summed E-state index contributed by atoms with van der Waals surface area (Å²) in [5.41, 5.74) is 6.16. The summed E-state index contributed by atoms with van der Waals surface area (Å²) in [5.74, 6) is -0.242. The third-order valence-electron chi connectivity index (χ3n) is 1.50. The van der Waals surface area contributed by atoms with E-state index < -0.39 is 0 Å². The number of hydrogen-bond acceptors (Lipinski definition) is 2. The Balaban J connectivity index is 0.000000500. The fourth-order valence-corrected chi connectivity index (χ4v) is 0.912. The van der Waals surface area contributed by atoms with Gasteiger partial charge in [0.2, 0.25) is 5.91 Å². The second-order valence-electron chi connectivity index (χ2n) is 2.56. The summed E-state index contributed by atoms with van der Waals surface area (Å²) in [6.07, 6.45) is 1.18. The van der Waals surface area contributed by atoms with E-state index in [-0.39, 0.29) is 12.4 Å². The van der Waals surface area contributed by atoms with E-state index in [2.05, 4.69) is 0 Å². The van der Waals surface area contributed by atoms with Gasteiger partial charge in [-0.05, 0) is 12.0 Å². The highest BCUT2D eigenvalue weighted by atomic mass is 16.3. The van der Waals surface area contributed by atoms with Gasteiger partial charge in [0.25, 0.3) is 6.47 Å². The highest BCUT2D eigenvalue weighted by Gasteiger charge is 1.94. The number of nitrogens with two attached hydrogens (primary N) is 1. The molecule has 0 aliphatic heterocycles. The Morgan fingerprint density at radius 2 is 1.86 bits per heavy atom. The number of primary amides is 1. The molecule has 0 bridgehead atoms. The van der Waals surface area contributed by atoms with Crippen molar-refractivity contribution in [3.8, 4) is 0 Å². The third kappa shape index (κ3) is 6.84. The summed E-state index contributed by atoms with van der Waals surface area (Å²) >= 11 is 0. The molecule has 1 aromatic rings. The summed E-state index contributed by atoms with van der Waals surface area (Å²) in [6, 6.07) is 9.84. The number of carbonyl (C=O) groups excluding carboxylic acids is 1. The van der Waals surface area contributed by atoms with Gasteiger partial charge in [-0.25, -0.2) is 0 Å². The molecule has 0 heterocycles. The van der Waals surface area contributed by atoms with Crippen molar-refractivity contribution < 1.29 is 14.7 Å². The Hall–Kier alpha value is -1.84. The van der Waals surface area contributed by atoms with Gasteiger partial charge in [0.05, 0.1) is 0 Å². The van der Waals surface area contributed by atoms with Gasteiger partial charge in [0.15, 0.2) is 0 Å². The molecule has 0 atom stereocenters. The first-order valence-electron chi connectivity index (χ1n) is 4.10. The van der Waals surface area contributed by atoms with Crippen LogP contribution in [-0.4, -0.2) is 17.5 Å². The topological polar surface area (TPSA) is 80.4 Å². The lowest BCUT2D eigenvalue weighted by atomic mass is 10.1. The lowest BCUT2D eigenvalue weighted by molar-refractivity contribution is -0.123. The molecule has 1 amide bonds. The maximum atomic E-state index is 10.4. The van der Waals surface area contributed by atoms with Crippen molar-refractivity contribution in [3.05, 3.63) is 35.9 Å². The Labute approximate surface area is 82.4 Å². The Kier molecular flexibility index (Phi) is 6.77. The molecule has 0 aromatic heterocycles. The van der Waals surface area contributed by atoms with E-state index in [1.54, 1.807) is 0 Å². The normalized spacial score (nSPS) is 8.29. The largest absolute Gasteiger partial charge is 0.483 e. The number of benzene rings is 1. The van der Waals surface area contributed by atoms with E-state index in [1.807, 2.05) is 30.3 Å². The van der Waals surface area contributed by atoms with Gasteiger partial charge in [0, 0.05) is 6.42 Å². The Morgan fingerprint density at radius 3 is 2.29 bits per heavy atom. The molecule has 4 nitrogen and oxygen atoms in total. The monoisotopic (exact) mass is 195 g/mol. The SMILES string of the molecule is NC(=O)CCc1ccccc1.O=CO. The van der Waals surface area contributed by atoms with E-state index in [0.29, 0.717) is 6.42 Å². The summed E-state index contributed by atoms with van der Waals surface area (Å²) in [7, 11) is 0. The molecule has 0 unspecified atom stereocenters. The highest BCUT2D eigenvalue weighted by molar-refractivity contribution is 5.73. The van der Waals surface area contributed by atoms with Crippen LogP contribution in [-0.2, 0) is 16.0 Å². The number of carboxylic acid groups (broad SMARTS) is 1. The van der Waals surface area contributed by atoms with Crippen LogP contribution in [0.25, 0.3) is 0 Å². The second kappa shape index (κ2) is 7.79. The predicted molar refractivity (Wildman–Crippen MR) is 52.7 cm³/mol. The van der Waals surface area contributed by atoms with E-state index >= 15 is 0 Å². The van der Waals surface area contributed by atoms with Gasteiger partial charge in [-0.3, -0.25) is 9.59 Å². The van der Waals surface area contributed by atoms with Crippen LogP contribution in [0.2, 0.25) is 0 Å². The van der Waals surface area contributed by atoms with Crippen LogP contribution >= 0.6 is 0 Å². The molecule has 0 aliphatic rings. The van der Waals surface area contributed by atoms with Crippen LogP contribution in [0.4, 0.5) is 0 Å². The molecular weight excluding hydrogens is 182 g/mol. The maximum absolute atomic E-state index is 10.4. The van der Waals surface area contributed by atoms with Crippen LogP contribution in [0.1, 0.15) is 12.0 Å². The van der Waals surface area contributed by atoms with Crippen molar-refractivity contribution in [1.82, 2.24) is 0 Å². The van der Waals surface area contributed by atoms with Gasteiger partial charge < -0.3 is 10.8 Å². The van der Waals surface area contributed by atoms with Crippen LogP contribution < -0.4 is 5.73 Å². The third-order valence-corrected chi connectivity index (χ3v) is 1.50. The van der Waals surface area contributed by atoms with Crippen molar-refractivity contribution in [2.75, 3.05) is 0 Å². The minimum Gasteiger partial charge on any atom is -0.483 e. The number of aryl methyl sites for hydroxylation is 1. The molecule has 1 rings (SSSR count). The average molecular weight is 195 g/mol. The molecular formula is C10H13NO3. The molecule has 76 valence electrons. The van der Waals surface area contributed by atoms with Crippen LogP contribution in [0.5, 0.6) is 0 Å². The van der Waals surface area contributed by atoms with Crippen molar-refractivity contribution >= 4 is 12.4 Å². The zero-order valence-electron chi connectivity index (χ0n) is 7.72. The van der Waals surface area contributed by atoms with Gasteiger partial charge in [0.1, 0.15) is 0 Å². The van der Waals surface area contributed by atoms with Crippen molar-refractivity contribution in [2.24, 2.45) is 5.73 Å². The Morgan fingerprint density at radius 1 is 1.36 bits per heavy atom. The average Bonchev–Trinajstić information content (AvgIpc) is 2.18. The standard InChI is InChI=1S/C9H11NO.CH2O2/c10-9(11)7-6-8-4-2-1-3-5-8;2-1-3/h1-5H,6-7H2,(H2,10,11);1H,(H,2,3). The first kappa shape index (κ1) is 12.2. The van der Waals surface area contributed by atoms with Crippen LogP contribution in [0.15, 0.2) is 30.3 Å². The summed E-state index contributed by atoms with van der Waals surface area (Å²) in [4.78, 5) is 18.8. The van der Waals surface area contributed by atoms with Gasteiger partial charge >= 0.3 is 0 Å². The predicted octanol–water partition coefficient (Wildman–Crippen LogP) is 0.805. The maximum Gasteiger partial charge on any atom is 0.290 e. The molecule has 0 aliphatic carbocycles. The molecule has 0 saturated carbocycles. The number of rotatable bonds is 3. The fraction of sp³-hybridized carbons (Fsp3) is 0.200. The van der Waals surface area contributed by atoms with E-state index in [0.717, 1.165) is 12.0 Å². The van der Waals surface area contributed by atoms with Crippen LogP contribution in [0.3, 0.4) is 0 Å². The van der Waals surface area contributed by atoms with E-state index in [1.165, 1.54) is 0 Å². The summed E-state index contributed by atoms with van der Waals surface area (Å²) in [6.45, 7) is -0.250. The zero-order chi connectivity index (χ0) is 10.8. The van der Waals surface area contributed by atoms with Gasteiger partial charge in [-0.2, -0.15) is 0 Å². The van der Waals surface area contributed by atoms with Gasteiger partial charge in [-0.1, -0.05) is 30.3 Å². The minimum absolute atomic E-state index is 0.242. The Bertz CT molecular complexity index is 272. The summed E-state index contributed by atoms with van der Waals surface area (Å²) in [5, 5.41) is 6.89. The molecule has 0 radical (unpaired) electrons. The molecule has 14 heavy (non-hydrogen) atoms. The quantitative estimate of drug-likeness (QED) is 0.700. The highest BCUT2D eigenvalue weighted by Crippen LogP contribution is 2.00. The van der Waals surface area contributed by atoms with Gasteiger partial charge in [-0.15, -0.1) is 0 Å². The zero-order valence-corrected chi connectivity index (χ0v) is 7.72. The van der Waals surface area contributed by atoms with Crippen molar-refractivity contribution in [1.29, 1.82) is 0 Å². The minimum atomic E-state index is -0.250. The lowest BCUT2D eigenvalue weighted by Gasteiger charge is -1.96. The van der Waals surface area contributed by atoms with Crippen molar-refractivity contribution in [3.63, 3.8) is 0 Å². The summed E-state index contributed by atoms with van der Waals surface area (Å²) < 4.78 is 0. The first-order valence-corrected chi connectivity index (χ1v) is 4.10.